The lowest BCUT2D eigenvalue weighted by Crippen LogP contribution is -2.32. The van der Waals surface area contributed by atoms with Crippen LogP contribution in [0, 0.1) is 5.41 Å². The van der Waals surface area contributed by atoms with Gasteiger partial charge in [-0.1, -0.05) is 78.6 Å². The van der Waals surface area contributed by atoms with Crippen molar-refractivity contribution in [1.82, 2.24) is 4.98 Å². The summed E-state index contributed by atoms with van der Waals surface area (Å²) in [5.74, 6) is 0.828. The minimum absolute atomic E-state index is 0.0658. The molecule has 0 amide bonds. The average molecular weight is 434 g/mol. The first kappa shape index (κ1) is 22.1. The Morgan fingerprint density at radius 1 is 0.969 bits per heavy atom. The number of nitrogens with zero attached hydrogens (tertiary/aromatic N) is 1. The van der Waals surface area contributed by atoms with E-state index in [-0.39, 0.29) is 17.1 Å². The number of aliphatic hydroxyl groups is 1. The van der Waals surface area contributed by atoms with E-state index in [1.54, 1.807) is 0 Å². The van der Waals surface area contributed by atoms with Crippen molar-refractivity contribution in [3.8, 4) is 0 Å². The maximum Gasteiger partial charge on any atom is 0.111 e. The van der Waals surface area contributed by atoms with E-state index in [2.05, 4.69) is 65.8 Å². The Morgan fingerprint density at radius 3 is 2.22 bits per heavy atom. The van der Waals surface area contributed by atoms with Gasteiger partial charge in [0.1, 0.15) is 6.10 Å². The highest BCUT2D eigenvalue weighted by atomic mass is 16.5. The fourth-order valence-corrected chi connectivity index (χ4v) is 6.47. The molecule has 3 heteroatoms. The molecule has 32 heavy (non-hydrogen) atoms. The van der Waals surface area contributed by atoms with Crippen molar-refractivity contribution in [2.45, 2.75) is 110 Å². The number of hydrogen-bond donors (Lipinski definition) is 1. The number of pyridine rings is 1. The van der Waals surface area contributed by atoms with Gasteiger partial charge in [0.25, 0.3) is 0 Å². The van der Waals surface area contributed by atoms with Crippen LogP contribution < -0.4 is 0 Å². The normalized spacial score (nSPS) is 25.5. The number of aromatic nitrogens is 1. The second-order valence-electron chi connectivity index (χ2n) is 11.9. The minimum atomic E-state index is -0.459. The monoisotopic (exact) mass is 433 g/mol. The molecule has 5 rings (SSSR count). The molecule has 3 nitrogen and oxygen atoms in total. The largest absolute Gasteiger partial charge is 0.388 e. The van der Waals surface area contributed by atoms with E-state index in [0.29, 0.717) is 11.8 Å². The molecule has 0 saturated heterocycles. The van der Waals surface area contributed by atoms with Crippen LogP contribution in [0.4, 0.5) is 0 Å². The summed E-state index contributed by atoms with van der Waals surface area (Å²) in [7, 11) is 0. The molecule has 0 bridgehead atoms. The Balaban J connectivity index is 1.74. The van der Waals surface area contributed by atoms with Gasteiger partial charge in [-0.05, 0) is 59.6 Å². The van der Waals surface area contributed by atoms with Crippen molar-refractivity contribution in [2.75, 3.05) is 0 Å². The van der Waals surface area contributed by atoms with Crippen LogP contribution >= 0.6 is 0 Å². The molecule has 1 saturated carbocycles. The van der Waals surface area contributed by atoms with Gasteiger partial charge in [0.2, 0.25) is 0 Å². The smallest absolute Gasteiger partial charge is 0.111 e. The molecule has 172 valence electrons. The maximum absolute atomic E-state index is 11.4. The number of aliphatic hydroxyl groups excluding tert-OH is 1. The molecule has 1 spiro atoms. The van der Waals surface area contributed by atoms with Crippen LogP contribution in [0.25, 0.3) is 0 Å². The summed E-state index contributed by atoms with van der Waals surface area (Å²) < 4.78 is 7.07. The average Bonchev–Trinajstić information content (AvgIpc) is 3.32. The van der Waals surface area contributed by atoms with Crippen molar-refractivity contribution >= 4 is 0 Å². The zero-order chi connectivity index (χ0) is 22.8. The highest BCUT2D eigenvalue weighted by Gasteiger charge is 2.52. The second kappa shape index (κ2) is 7.67. The molecule has 2 atom stereocenters. The fraction of sp³-hybridized carbons (Fsp3) is 0.621. The van der Waals surface area contributed by atoms with Crippen LogP contribution in [-0.4, -0.2) is 10.1 Å². The number of hydrogen-bond acceptors (Lipinski definition) is 3. The summed E-state index contributed by atoms with van der Waals surface area (Å²) in [4.78, 5) is 5.27. The summed E-state index contributed by atoms with van der Waals surface area (Å²) >= 11 is 0. The van der Waals surface area contributed by atoms with Crippen LogP contribution in [0.5, 0.6) is 0 Å². The molecule has 1 fully saturated rings. The van der Waals surface area contributed by atoms with Crippen molar-refractivity contribution < 1.29 is 9.84 Å². The number of ether oxygens (including phenoxy) is 1. The predicted molar refractivity (Wildman–Crippen MR) is 129 cm³/mol. The Kier molecular flexibility index (Phi) is 5.30. The lowest BCUT2D eigenvalue weighted by molar-refractivity contribution is -0.0580. The van der Waals surface area contributed by atoms with E-state index < -0.39 is 6.10 Å². The van der Waals surface area contributed by atoms with Gasteiger partial charge >= 0.3 is 0 Å². The molecular weight excluding hydrogens is 394 g/mol. The minimum Gasteiger partial charge on any atom is -0.388 e. The van der Waals surface area contributed by atoms with Crippen LogP contribution in [0.3, 0.4) is 0 Å². The van der Waals surface area contributed by atoms with Gasteiger partial charge in [-0.2, -0.15) is 0 Å². The number of fused-ring (bicyclic) bond motifs is 4. The van der Waals surface area contributed by atoms with Gasteiger partial charge < -0.3 is 9.84 Å². The van der Waals surface area contributed by atoms with Crippen molar-refractivity contribution in [3.63, 3.8) is 0 Å². The molecule has 2 aromatic rings. The summed E-state index contributed by atoms with van der Waals surface area (Å²) in [5, 5.41) is 11.4. The fourth-order valence-electron chi connectivity index (χ4n) is 6.47. The SMILES string of the molecule is CC(C)c1ccc(C2OC3(CCCC3)c3c4c(nc(C(C)C)c32)CC(C)(C)CC4O)cc1. The molecular formula is C29H39NO2. The van der Waals surface area contributed by atoms with E-state index in [1.165, 1.54) is 40.8 Å². The summed E-state index contributed by atoms with van der Waals surface area (Å²) in [6.07, 6.45) is 5.63. The van der Waals surface area contributed by atoms with Crippen LogP contribution in [0.15, 0.2) is 24.3 Å². The van der Waals surface area contributed by atoms with Crippen molar-refractivity contribution in [3.05, 3.63) is 63.5 Å². The van der Waals surface area contributed by atoms with E-state index in [9.17, 15) is 5.11 Å². The number of rotatable bonds is 3. The van der Waals surface area contributed by atoms with E-state index in [4.69, 9.17) is 9.72 Å². The Morgan fingerprint density at radius 2 is 1.62 bits per heavy atom. The molecule has 2 unspecified atom stereocenters. The molecule has 0 radical (unpaired) electrons. The Hall–Kier alpha value is -1.71. The topological polar surface area (TPSA) is 42.4 Å². The molecule has 2 heterocycles. The molecule has 1 N–H and O–H groups in total. The standard InChI is InChI=1S/C29H39NO2/c1-17(2)19-9-11-20(12-10-19)27-24-25(29(32-27)13-7-8-14-29)23-21(30-26(24)18(3)4)15-28(5,6)16-22(23)31/h9-12,17-18,22,27,31H,7-8,13-16H2,1-6H3. The summed E-state index contributed by atoms with van der Waals surface area (Å²) in [5.41, 5.74) is 8.33. The highest BCUT2D eigenvalue weighted by Crippen LogP contribution is 2.59. The van der Waals surface area contributed by atoms with Crippen LogP contribution in [-0.2, 0) is 16.8 Å². The highest BCUT2D eigenvalue weighted by molar-refractivity contribution is 5.54. The summed E-state index contributed by atoms with van der Waals surface area (Å²) in [6, 6.07) is 9.00. The Bertz CT molecular complexity index is 1010. The van der Waals surface area contributed by atoms with Crippen molar-refractivity contribution in [2.24, 2.45) is 5.41 Å². The van der Waals surface area contributed by atoms with Gasteiger partial charge in [0, 0.05) is 22.5 Å². The molecule has 1 aliphatic heterocycles. The van der Waals surface area contributed by atoms with E-state index in [1.807, 2.05) is 0 Å². The zero-order valence-electron chi connectivity index (χ0n) is 20.7. The van der Waals surface area contributed by atoms with E-state index in [0.717, 1.165) is 36.9 Å². The van der Waals surface area contributed by atoms with Crippen LogP contribution in [0.1, 0.15) is 137 Å². The second-order valence-corrected chi connectivity index (χ2v) is 11.9. The quantitative estimate of drug-likeness (QED) is 0.555. The third-order valence-electron chi connectivity index (χ3n) is 8.03. The molecule has 2 aliphatic carbocycles. The lowest BCUT2D eigenvalue weighted by atomic mass is 9.70. The molecule has 3 aliphatic rings. The van der Waals surface area contributed by atoms with Gasteiger partial charge in [0.15, 0.2) is 0 Å². The molecule has 1 aromatic heterocycles. The molecule has 1 aromatic carbocycles. The van der Waals surface area contributed by atoms with Gasteiger partial charge in [0.05, 0.1) is 11.7 Å². The Labute approximate surface area is 193 Å². The third kappa shape index (κ3) is 3.44. The lowest BCUT2D eigenvalue weighted by Gasteiger charge is -2.38. The van der Waals surface area contributed by atoms with Gasteiger partial charge in [-0.15, -0.1) is 0 Å². The summed E-state index contributed by atoms with van der Waals surface area (Å²) in [6.45, 7) is 13.5. The van der Waals surface area contributed by atoms with Gasteiger partial charge in [-0.3, -0.25) is 4.98 Å². The van der Waals surface area contributed by atoms with Gasteiger partial charge in [-0.25, -0.2) is 0 Å². The first-order chi connectivity index (χ1) is 15.1. The first-order valence-electron chi connectivity index (χ1n) is 12.6. The van der Waals surface area contributed by atoms with Crippen LogP contribution in [0.2, 0.25) is 0 Å². The maximum atomic E-state index is 11.4. The van der Waals surface area contributed by atoms with Crippen molar-refractivity contribution in [1.29, 1.82) is 0 Å². The first-order valence-corrected chi connectivity index (χ1v) is 12.6. The van der Waals surface area contributed by atoms with E-state index >= 15 is 0 Å². The third-order valence-corrected chi connectivity index (χ3v) is 8.03. The predicted octanol–water partition coefficient (Wildman–Crippen LogP) is 7.22. The number of benzene rings is 1. The zero-order valence-corrected chi connectivity index (χ0v) is 20.7.